The Morgan fingerprint density at radius 1 is 0.967 bits per heavy atom. The van der Waals surface area contributed by atoms with Crippen molar-refractivity contribution < 1.29 is 8.78 Å². The predicted molar refractivity (Wildman–Crippen MR) is 113 cm³/mol. The number of aromatic nitrogens is 2. The molecule has 2 aromatic carbocycles. The summed E-state index contributed by atoms with van der Waals surface area (Å²) < 4.78 is 26.6. The molecule has 30 heavy (non-hydrogen) atoms. The number of likely N-dealkylation sites (tertiary alicyclic amines) is 1. The van der Waals surface area contributed by atoms with Gasteiger partial charge in [-0.3, -0.25) is 4.90 Å². The van der Waals surface area contributed by atoms with Crippen molar-refractivity contribution in [1.82, 2.24) is 14.9 Å². The standard InChI is InChI=1S/C24H22F2N4/c25-23-10-9-21(12-24(23)26)29-22-2-1-11-30(16-22)15-19-6-3-18(4-7-19)5-8-20-13-27-17-28-14-20/h3-4,6-7,9-10,12-14,17,22,29H,1-2,11,15-16H2/t22-/m1/s1. The van der Waals surface area contributed by atoms with Crippen LogP contribution in [-0.4, -0.2) is 34.0 Å². The van der Waals surface area contributed by atoms with Crippen molar-refractivity contribution in [3.63, 3.8) is 0 Å². The number of nitrogens with one attached hydrogen (secondary N) is 1. The van der Waals surface area contributed by atoms with Gasteiger partial charge in [0.2, 0.25) is 0 Å². The van der Waals surface area contributed by atoms with E-state index in [1.54, 1.807) is 18.5 Å². The highest BCUT2D eigenvalue weighted by atomic mass is 19.2. The Balaban J connectivity index is 1.33. The van der Waals surface area contributed by atoms with E-state index < -0.39 is 11.6 Å². The quantitative estimate of drug-likeness (QED) is 0.661. The van der Waals surface area contributed by atoms with E-state index in [4.69, 9.17) is 0 Å². The van der Waals surface area contributed by atoms with Gasteiger partial charge in [-0.05, 0) is 49.2 Å². The first kappa shape index (κ1) is 20.0. The molecule has 0 spiro atoms. The van der Waals surface area contributed by atoms with Gasteiger partial charge in [0.1, 0.15) is 6.33 Å². The summed E-state index contributed by atoms with van der Waals surface area (Å²) >= 11 is 0. The zero-order valence-corrected chi connectivity index (χ0v) is 16.5. The first-order valence-electron chi connectivity index (χ1n) is 9.95. The highest BCUT2D eigenvalue weighted by molar-refractivity contribution is 5.45. The lowest BCUT2D eigenvalue weighted by Crippen LogP contribution is -2.41. The van der Waals surface area contributed by atoms with Gasteiger partial charge in [-0.1, -0.05) is 24.0 Å². The number of rotatable bonds is 4. The highest BCUT2D eigenvalue weighted by Crippen LogP contribution is 2.20. The molecule has 2 heterocycles. The summed E-state index contributed by atoms with van der Waals surface area (Å²) in [6, 6.07) is 12.4. The van der Waals surface area contributed by atoms with Crippen LogP contribution in [0.2, 0.25) is 0 Å². The highest BCUT2D eigenvalue weighted by Gasteiger charge is 2.20. The molecule has 0 radical (unpaired) electrons. The first-order chi connectivity index (χ1) is 14.7. The number of hydrogen-bond donors (Lipinski definition) is 1. The van der Waals surface area contributed by atoms with E-state index >= 15 is 0 Å². The van der Waals surface area contributed by atoms with Gasteiger partial charge in [0, 0.05) is 48.8 Å². The minimum atomic E-state index is -0.823. The summed E-state index contributed by atoms with van der Waals surface area (Å²) in [4.78, 5) is 10.3. The summed E-state index contributed by atoms with van der Waals surface area (Å²) in [7, 11) is 0. The van der Waals surface area contributed by atoms with Gasteiger partial charge >= 0.3 is 0 Å². The van der Waals surface area contributed by atoms with E-state index in [2.05, 4.69) is 44.2 Å². The zero-order chi connectivity index (χ0) is 20.8. The number of anilines is 1. The van der Waals surface area contributed by atoms with Crippen LogP contribution in [-0.2, 0) is 6.54 Å². The molecule has 152 valence electrons. The Morgan fingerprint density at radius 2 is 1.73 bits per heavy atom. The van der Waals surface area contributed by atoms with Crippen LogP contribution in [0.15, 0.2) is 61.2 Å². The Morgan fingerprint density at radius 3 is 2.50 bits per heavy atom. The third-order valence-corrected chi connectivity index (χ3v) is 5.07. The molecule has 1 atom stereocenters. The molecule has 6 heteroatoms. The molecule has 0 aliphatic carbocycles. The SMILES string of the molecule is Fc1ccc(N[C@@H]2CCCN(Cc3ccc(C#Cc4cncnc4)cc3)C2)cc1F. The van der Waals surface area contributed by atoms with Gasteiger partial charge in [0.15, 0.2) is 11.6 Å². The van der Waals surface area contributed by atoms with Crippen LogP contribution in [0.5, 0.6) is 0 Å². The molecule has 0 unspecified atom stereocenters. The predicted octanol–water partition coefficient (Wildman–Crippen LogP) is 4.23. The fraction of sp³-hybridized carbons (Fsp3) is 0.250. The van der Waals surface area contributed by atoms with E-state index in [0.717, 1.165) is 49.7 Å². The fourth-order valence-electron chi connectivity index (χ4n) is 3.60. The lowest BCUT2D eigenvalue weighted by Gasteiger charge is -2.33. The third kappa shape index (κ3) is 5.40. The van der Waals surface area contributed by atoms with Crippen LogP contribution in [0, 0.1) is 23.5 Å². The Hall–Kier alpha value is -3.30. The van der Waals surface area contributed by atoms with E-state index in [0.29, 0.717) is 5.69 Å². The van der Waals surface area contributed by atoms with Crippen LogP contribution in [0.1, 0.15) is 29.5 Å². The smallest absolute Gasteiger partial charge is 0.160 e. The number of hydrogen-bond acceptors (Lipinski definition) is 4. The monoisotopic (exact) mass is 404 g/mol. The van der Waals surface area contributed by atoms with Crippen molar-refractivity contribution >= 4 is 5.69 Å². The van der Waals surface area contributed by atoms with Crippen molar-refractivity contribution in [2.75, 3.05) is 18.4 Å². The molecule has 1 fully saturated rings. The van der Waals surface area contributed by atoms with Gasteiger partial charge in [-0.25, -0.2) is 18.7 Å². The summed E-state index contributed by atoms with van der Waals surface area (Å²) in [5.41, 5.74) is 3.57. The van der Waals surface area contributed by atoms with Crippen LogP contribution in [0.4, 0.5) is 14.5 Å². The normalized spacial score (nSPS) is 16.5. The second-order valence-corrected chi connectivity index (χ2v) is 7.42. The largest absolute Gasteiger partial charge is 0.381 e. The first-order valence-corrected chi connectivity index (χ1v) is 9.95. The van der Waals surface area contributed by atoms with Gasteiger partial charge in [0.05, 0.1) is 5.56 Å². The second kappa shape index (κ2) is 9.47. The molecule has 1 saturated heterocycles. The van der Waals surface area contributed by atoms with E-state index in [1.807, 2.05) is 12.1 Å². The summed E-state index contributed by atoms with van der Waals surface area (Å²) in [6.07, 6.45) is 6.93. The van der Waals surface area contributed by atoms with Gasteiger partial charge in [-0.2, -0.15) is 0 Å². The molecule has 0 bridgehead atoms. The number of piperidine rings is 1. The Bertz CT molecular complexity index is 1040. The third-order valence-electron chi connectivity index (χ3n) is 5.07. The molecule has 1 aromatic heterocycles. The Kier molecular flexibility index (Phi) is 6.31. The van der Waals surface area contributed by atoms with E-state index in [1.165, 1.54) is 18.0 Å². The minimum Gasteiger partial charge on any atom is -0.381 e. The topological polar surface area (TPSA) is 41.0 Å². The van der Waals surface area contributed by atoms with E-state index in [9.17, 15) is 8.78 Å². The molecule has 3 aromatic rings. The molecule has 1 aliphatic rings. The number of halogens is 2. The molecule has 4 nitrogen and oxygen atoms in total. The van der Waals surface area contributed by atoms with Crippen molar-refractivity contribution in [2.24, 2.45) is 0 Å². The van der Waals surface area contributed by atoms with Gasteiger partial charge < -0.3 is 5.32 Å². The maximum atomic E-state index is 13.4. The van der Waals surface area contributed by atoms with Crippen molar-refractivity contribution in [2.45, 2.75) is 25.4 Å². The maximum absolute atomic E-state index is 13.4. The minimum absolute atomic E-state index is 0.210. The zero-order valence-electron chi connectivity index (χ0n) is 16.5. The molecule has 0 amide bonds. The van der Waals surface area contributed by atoms with Crippen LogP contribution in [0.3, 0.4) is 0 Å². The molecule has 1 aliphatic heterocycles. The molecule has 4 rings (SSSR count). The number of nitrogens with zero attached hydrogens (tertiary/aromatic N) is 3. The van der Waals surface area contributed by atoms with Crippen LogP contribution < -0.4 is 5.32 Å². The summed E-state index contributed by atoms with van der Waals surface area (Å²) in [5.74, 6) is 4.53. The average molecular weight is 404 g/mol. The van der Waals surface area contributed by atoms with Crippen LogP contribution in [0.25, 0.3) is 0 Å². The second-order valence-electron chi connectivity index (χ2n) is 7.42. The molecular formula is C24H22F2N4. The Labute approximate surface area is 175 Å². The summed E-state index contributed by atoms with van der Waals surface area (Å²) in [5, 5.41) is 3.33. The summed E-state index contributed by atoms with van der Waals surface area (Å²) in [6.45, 7) is 2.72. The maximum Gasteiger partial charge on any atom is 0.160 e. The van der Waals surface area contributed by atoms with Gasteiger partial charge in [0.25, 0.3) is 0 Å². The lowest BCUT2D eigenvalue weighted by molar-refractivity contribution is 0.208. The molecule has 0 saturated carbocycles. The van der Waals surface area contributed by atoms with Crippen molar-refractivity contribution in [1.29, 1.82) is 0 Å². The van der Waals surface area contributed by atoms with Gasteiger partial charge in [-0.15, -0.1) is 0 Å². The van der Waals surface area contributed by atoms with Crippen molar-refractivity contribution in [3.8, 4) is 11.8 Å². The van der Waals surface area contributed by atoms with Crippen molar-refractivity contribution in [3.05, 3.63) is 89.5 Å². The number of benzene rings is 2. The average Bonchev–Trinajstić information content (AvgIpc) is 2.77. The van der Waals surface area contributed by atoms with E-state index in [-0.39, 0.29) is 6.04 Å². The molecule has 1 N–H and O–H groups in total. The van der Waals surface area contributed by atoms with Crippen LogP contribution >= 0.6 is 0 Å². The lowest BCUT2D eigenvalue weighted by atomic mass is 10.0. The molecular weight excluding hydrogens is 382 g/mol. The fourth-order valence-corrected chi connectivity index (χ4v) is 3.60.